The maximum atomic E-state index is 13.6. The van der Waals surface area contributed by atoms with E-state index in [1.54, 1.807) is 0 Å². The number of benzene rings is 2. The van der Waals surface area contributed by atoms with Gasteiger partial charge in [0.05, 0.1) is 26.4 Å². The summed E-state index contributed by atoms with van der Waals surface area (Å²) in [6.07, 6.45) is 5.37. The number of hydrogen-bond acceptors (Lipinski definition) is 5. The van der Waals surface area contributed by atoms with Crippen molar-refractivity contribution in [2.75, 3.05) is 26.4 Å². The second kappa shape index (κ2) is 15.3. The zero-order chi connectivity index (χ0) is 24.8. The van der Waals surface area contributed by atoms with Gasteiger partial charge in [-0.15, -0.1) is 0 Å². The van der Waals surface area contributed by atoms with Gasteiger partial charge in [0.2, 0.25) is 0 Å². The van der Waals surface area contributed by atoms with Crippen LogP contribution in [-0.2, 0) is 12.8 Å². The van der Waals surface area contributed by atoms with E-state index in [1.807, 2.05) is 32.0 Å². The first kappa shape index (κ1) is 27.6. The van der Waals surface area contributed by atoms with Crippen molar-refractivity contribution in [1.29, 1.82) is 0 Å². The first-order valence-electron chi connectivity index (χ1n) is 12.9. The summed E-state index contributed by atoms with van der Waals surface area (Å²) in [4.78, 5) is 13.6. The highest BCUT2D eigenvalue weighted by atomic mass is 16.5. The molecular formula is C29H42O5. The molecule has 0 aromatic heterocycles. The minimum atomic E-state index is -0.0116. The summed E-state index contributed by atoms with van der Waals surface area (Å²) in [5, 5.41) is 0. The molecule has 0 atom stereocenters. The standard InChI is InChI=1S/C29H42O5/c1-6-17-31-25-14-11-22(10-5)21-23(25)12-13-24(30)28-26(32-18-7-2)15-16-27(33-19-8-3)29(28)34-20-9-4/h11,14-16,21H,6-10,12-13,17-20H2,1-5H3. The number of aryl methyl sites for hydroxylation is 2. The SMILES string of the molecule is CCCOc1ccc(CC)cc1CCC(=O)c1c(OCCC)ccc(OCCC)c1OCCC. The van der Waals surface area contributed by atoms with Crippen LogP contribution in [0.25, 0.3) is 0 Å². The van der Waals surface area contributed by atoms with E-state index < -0.39 is 0 Å². The van der Waals surface area contributed by atoms with Crippen LogP contribution < -0.4 is 18.9 Å². The number of carbonyl (C=O) groups is 1. The van der Waals surface area contributed by atoms with Crippen LogP contribution in [0.15, 0.2) is 30.3 Å². The monoisotopic (exact) mass is 470 g/mol. The Labute approximate surface area is 205 Å². The number of carbonyl (C=O) groups excluding carboxylic acids is 1. The number of ether oxygens (including phenoxy) is 4. The van der Waals surface area contributed by atoms with Gasteiger partial charge in [-0.1, -0.05) is 46.8 Å². The highest BCUT2D eigenvalue weighted by Gasteiger charge is 2.24. The smallest absolute Gasteiger partial charge is 0.175 e. The van der Waals surface area contributed by atoms with E-state index >= 15 is 0 Å². The molecule has 2 rings (SSSR count). The molecule has 0 bridgehead atoms. The highest BCUT2D eigenvalue weighted by molar-refractivity contribution is 6.02. The van der Waals surface area contributed by atoms with Crippen molar-refractivity contribution in [3.8, 4) is 23.0 Å². The fourth-order valence-electron chi connectivity index (χ4n) is 3.59. The molecule has 0 fully saturated rings. The van der Waals surface area contributed by atoms with Gasteiger partial charge in [0.1, 0.15) is 17.1 Å². The summed E-state index contributed by atoms with van der Waals surface area (Å²) < 4.78 is 23.9. The van der Waals surface area contributed by atoms with Gasteiger partial charge >= 0.3 is 0 Å². The Kier molecular flexibility index (Phi) is 12.4. The number of hydrogen-bond donors (Lipinski definition) is 0. The largest absolute Gasteiger partial charge is 0.493 e. The number of rotatable bonds is 17. The molecule has 2 aromatic carbocycles. The summed E-state index contributed by atoms with van der Waals surface area (Å²) in [7, 11) is 0. The molecule has 188 valence electrons. The maximum absolute atomic E-state index is 13.6. The second-order valence-corrected chi connectivity index (χ2v) is 8.38. The predicted molar refractivity (Wildman–Crippen MR) is 138 cm³/mol. The molecule has 0 aliphatic rings. The van der Waals surface area contributed by atoms with E-state index in [1.165, 1.54) is 5.56 Å². The third kappa shape index (κ3) is 7.96. The van der Waals surface area contributed by atoms with Crippen LogP contribution in [0, 0.1) is 0 Å². The van der Waals surface area contributed by atoms with Gasteiger partial charge < -0.3 is 18.9 Å². The quantitative estimate of drug-likeness (QED) is 0.228. The van der Waals surface area contributed by atoms with Crippen molar-refractivity contribution < 1.29 is 23.7 Å². The molecule has 0 saturated carbocycles. The number of Topliss-reactive ketones (excluding diaryl/α,β-unsaturated/α-hetero) is 1. The van der Waals surface area contributed by atoms with Crippen molar-refractivity contribution in [3.05, 3.63) is 47.0 Å². The van der Waals surface area contributed by atoms with E-state index in [9.17, 15) is 4.79 Å². The maximum Gasteiger partial charge on any atom is 0.175 e. The molecule has 0 radical (unpaired) electrons. The van der Waals surface area contributed by atoms with Gasteiger partial charge in [-0.3, -0.25) is 4.79 Å². The van der Waals surface area contributed by atoms with E-state index in [0.29, 0.717) is 62.1 Å². The van der Waals surface area contributed by atoms with Crippen LogP contribution in [0.1, 0.15) is 88.2 Å². The third-order valence-corrected chi connectivity index (χ3v) is 5.35. The van der Waals surface area contributed by atoms with Crippen molar-refractivity contribution in [2.45, 2.75) is 79.6 Å². The topological polar surface area (TPSA) is 54.0 Å². The summed E-state index contributed by atoms with van der Waals surface area (Å²) in [6, 6.07) is 9.96. The van der Waals surface area contributed by atoms with E-state index in [-0.39, 0.29) is 5.78 Å². The van der Waals surface area contributed by atoms with Crippen LogP contribution in [-0.4, -0.2) is 32.2 Å². The Bertz CT molecular complexity index is 890. The highest BCUT2D eigenvalue weighted by Crippen LogP contribution is 2.39. The van der Waals surface area contributed by atoms with Gasteiger partial charge in [-0.25, -0.2) is 0 Å². The fourth-order valence-corrected chi connectivity index (χ4v) is 3.59. The molecular weight excluding hydrogens is 428 g/mol. The molecule has 5 nitrogen and oxygen atoms in total. The van der Waals surface area contributed by atoms with E-state index in [4.69, 9.17) is 18.9 Å². The van der Waals surface area contributed by atoms with Crippen molar-refractivity contribution in [1.82, 2.24) is 0 Å². The molecule has 0 unspecified atom stereocenters. The van der Waals surface area contributed by atoms with E-state index in [0.717, 1.165) is 43.4 Å². The molecule has 0 saturated heterocycles. The van der Waals surface area contributed by atoms with Crippen molar-refractivity contribution in [3.63, 3.8) is 0 Å². The Morgan fingerprint density at radius 2 is 1.21 bits per heavy atom. The minimum absolute atomic E-state index is 0.0116. The Morgan fingerprint density at radius 1 is 0.676 bits per heavy atom. The van der Waals surface area contributed by atoms with E-state index in [2.05, 4.69) is 32.9 Å². The molecule has 34 heavy (non-hydrogen) atoms. The molecule has 0 spiro atoms. The predicted octanol–water partition coefficient (Wildman–Crippen LogP) is 7.22. The molecule has 0 N–H and O–H groups in total. The van der Waals surface area contributed by atoms with Gasteiger partial charge in [0, 0.05) is 6.42 Å². The Hall–Kier alpha value is -2.69. The second-order valence-electron chi connectivity index (χ2n) is 8.38. The van der Waals surface area contributed by atoms with Crippen LogP contribution in [0.3, 0.4) is 0 Å². The molecule has 0 aliphatic carbocycles. The summed E-state index contributed by atoms with van der Waals surface area (Å²) >= 11 is 0. The van der Waals surface area contributed by atoms with Crippen LogP contribution >= 0.6 is 0 Å². The third-order valence-electron chi connectivity index (χ3n) is 5.35. The Balaban J connectivity index is 2.38. The van der Waals surface area contributed by atoms with Gasteiger partial charge in [-0.2, -0.15) is 0 Å². The lowest BCUT2D eigenvalue weighted by Gasteiger charge is -2.19. The zero-order valence-corrected chi connectivity index (χ0v) is 21.7. The summed E-state index contributed by atoms with van der Waals surface area (Å²) in [6.45, 7) is 12.6. The van der Waals surface area contributed by atoms with Gasteiger partial charge in [0.15, 0.2) is 17.3 Å². The van der Waals surface area contributed by atoms with Gasteiger partial charge in [0.25, 0.3) is 0 Å². The summed E-state index contributed by atoms with van der Waals surface area (Å²) in [5.74, 6) is 2.51. The average Bonchev–Trinajstić information content (AvgIpc) is 2.87. The first-order valence-corrected chi connectivity index (χ1v) is 12.9. The lowest BCUT2D eigenvalue weighted by molar-refractivity contribution is 0.0973. The average molecular weight is 471 g/mol. The summed E-state index contributed by atoms with van der Waals surface area (Å²) in [5.41, 5.74) is 2.78. The normalized spacial score (nSPS) is 10.7. The molecule has 2 aromatic rings. The first-order chi connectivity index (χ1) is 16.6. The molecule has 5 heteroatoms. The zero-order valence-electron chi connectivity index (χ0n) is 21.7. The van der Waals surface area contributed by atoms with Crippen LogP contribution in [0.5, 0.6) is 23.0 Å². The lowest BCUT2D eigenvalue weighted by atomic mass is 9.98. The molecule has 0 amide bonds. The number of ketones is 1. The van der Waals surface area contributed by atoms with Crippen molar-refractivity contribution >= 4 is 5.78 Å². The van der Waals surface area contributed by atoms with Crippen molar-refractivity contribution in [2.24, 2.45) is 0 Å². The Morgan fingerprint density at radius 3 is 1.82 bits per heavy atom. The van der Waals surface area contributed by atoms with Gasteiger partial charge in [-0.05, 0) is 67.9 Å². The molecule has 0 heterocycles. The minimum Gasteiger partial charge on any atom is -0.493 e. The molecule has 0 aliphatic heterocycles. The lowest BCUT2D eigenvalue weighted by Crippen LogP contribution is -2.12. The fraction of sp³-hybridized carbons (Fsp3) is 0.552. The van der Waals surface area contributed by atoms with Crippen LogP contribution in [0.4, 0.5) is 0 Å². The van der Waals surface area contributed by atoms with Crippen LogP contribution in [0.2, 0.25) is 0 Å².